The molecule has 6 aliphatic rings. The molecule has 4 aliphatic carbocycles. The summed E-state index contributed by atoms with van der Waals surface area (Å²) >= 11 is 0. The van der Waals surface area contributed by atoms with Crippen LogP contribution in [-0.4, -0.2) is 134 Å². The summed E-state index contributed by atoms with van der Waals surface area (Å²) in [7, 11) is -6.85. The fourth-order valence-electron chi connectivity index (χ4n) is 10.6. The van der Waals surface area contributed by atoms with Crippen LogP contribution < -0.4 is 31.5 Å². The third kappa shape index (κ3) is 14.4. The summed E-state index contributed by atoms with van der Waals surface area (Å²) in [5.74, 6) is -0.0364. The van der Waals surface area contributed by atoms with Crippen molar-refractivity contribution in [2.24, 2.45) is 16.6 Å². The molecule has 0 bridgehead atoms. The van der Waals surface area contributed by atoms with E-state index in [9.17, 15) is 41.0 Å². The molecule has 10 rings (SSSR count). The number of carbonyl (C=O) groups is 2. The minimum Gasteiger partial charge on any atom is -0.395 e. The zero-order valence-corrected chi connectivity index (χ0v) is 45.4. The van der Waals surface area contributed by atoms with E-state index >= 15 is 0 Å². The summed E-state index contributed by atoms with van der Waals surface area (Å²) in [4.78, 5) is 39.9. The Kier molecular flexibility index (Phi) is 19.8. The summed E-state index contributed by atoms with van der Waals surface area (Å²) in [6, 6.07) is 17.9. The molecule has 416 valence electrons. The molecule has 2 aliphatic heterocycles. The molecular weight excluding hydrogens is 1040 g/mol. The van der Waals surface area contributed by atoms with Crippen LogP contribution in [0.3, 0.4) is 0 Å². The Bertz CT molecular complexity index is 2840. The molecule has 2 aromatic heterocycles. The maximum atomic E-state index is 14.0. The second-order valence-electron chi connectivity index (χ2n) is 21.2. The molecule has 2 aromatic carbocycles. The van der Waals surface area contributed by atoms with E-state index in [0.717, 1.165) is 77.5 Å². The van der Waals surface area contributed by atoms with Crippen LogP contribution in [0.4, 0.5) is 33.2 Å². The van der Waals surface area contributed by atoms with Crippen molar-refractivity contribution < 1.29 is 51.2 Å². The zero-order chi connectivity index (χ0) is 53.4. The van der Waals surface area contributed by atoms with Crippen LogP contribution in [0.5, 0.6) is 0 Å². The molecule has 0 atom stereocenters. The molecular formula is C54H74ClFN8O10S2. The maximum Gasteiger partial charge on any atom is 0.259 e. The number of rotatable bonds is 16. The number of anilines is 5. The molecule has 6 fully saturated rings. The molecule has 4 saturated carbocycles. The number of pyridine rings is 2. The first-order valence-corrected chi connectivity index (χ1v) is 29.5. The van der Waals surface area contributed by atoms with Gasteiger partial charge >= 0.3 is 0 Å². The van der Waals surface area contributed by atoms with E-state index in [-0.39, 0.29) is 65.0 Å². The lowest BCUT2D eigenvalue weighted by molar-refractivity contribution is 0.101. The van der Waals surface area contributed by atoms with Crippen molar-refractivity contribution in [1.29, 1.82) is 0 Å². The van der Waals surface area contributed by atoms with Crippen molar-refractivity contribution in [3.63, 3.8) is 0 Å². The molecule has 2 amide bonds. The standard InChI is InChI=1S/C27H36N4O5S.C24H28FN3O3S.C3H9NO2.ClH/c32-17-20(18-33)28-24-9-8-23(25(30-24)31-14-12-27(10-11-27)13-15-31)26(34)29-19-4-3-7-22(16-19)37(35,36)21-5-1-2-6-21;25-21-9-8-20(22(27-21)28-14-12-24(10-11-24)13-15-28)23(29)26-17-4-3-7-19(16-17)32(30,31)18-5-1-2-6-18;4-3(1-5)2-6;/h3-4,7-9,16,20-21,32-33H,1-2,5-6,10-15,17-18H2,(H,28,30)(H,29,34);3-4,7-9,16,18H,1-2,5-6,10-15H2,(H,26,29);3,5-6H,1-2,4H2;1H. The van der Waals surface area contributed by atoms with Crippen molar-refractivity contribution in [3.05, 3.63) is 89.9 Å². The predicted molar refractivity (Wildman–Crippen MR) is 293 cm³/mol. The Morgan fingerprint density at radius 3 is 1.39 bits per heavy atom. The number of nitrogens with one attached hydrogen (secondary N) is 3. The summed E-state index contributed by atoms with van der Waals surface area (Å²) in [5.41, 5.74) is 7.40. The van der Waals surface area contributed by atoms with Gasteiger partial charge in [0, 0.05) is 37.6 Å². The smallest absolute Gasteiger partial charge is 0.259 e. The van der Waals surface area contributed by atoms with Gasteiger partial charge in [-0.25, -0.2) is 26.8 Å². The van der Waals surface area contributed by atoms with Gasteiger partial charge in [0.05, 0.1) is 69.9 Å². The monoisotopic (exact) mass is 1110 g/mol. The van der Waals surface area contributed by atoms with Gasteiger partial charge in [0.1, 0.15) is 17.5 Å². The maximum absolute atomic E-state index is 14.0. The average Bonchev–Trinajstić information content (AvgIpc) is 4.13. The van der Waals surface area contributed by atoms with E-state index in [0.29, 0.717) is 76.5 Å². The van der Waals surface area contributed by atoms with Crippen molar-refractivity contribution >= 4 is 72.7 Å². The highest BCUT2D eigenvalue weighted by molar-refractivity contribution is 7.92. The molecule has 4 aromatic rings. The Morgan fingerprint density at radius 1 is 0.605 bits per heavy atom. The van der Waals surface area contributed by atoms with Crippen LogP contribution in [0.1, 0.15) is 123 Å². The molecule has 4 heterocycles. The highest BCUT2D eigenvalue weighted by Gasteiger charge is 2.46. The zero-order valence-electron chi connectivity index (χ0n) is 42.9. The predicted octanol–water partition coefficient (Wildman–Crippen LogP) is 6.49. The Morgan fingerprint density at radius 2 is 1.01 bits per heavy atom. The number of sulfone groups is 2. The van der Waals surface area contributed by atoms with Crippen LogP contribution in [0, 0.1) is 16.8 Å². The molecule has 18 nitrogen and oxygen atoms in total. The number of halogens is 2. The van der Waals surface area contributed by atoms with Gasteiger partial charge < -0.3 is 51.9 Å². The van der Waals surface area contributed by atoms with E-state index in [1.807, 2.05) is 4.90 Å². The molecule has 9 N–H and O–H groups in total. The number of aromatic nitrogens is 2. The number of nitrogens with two attached hydrogens (primary N) is 1. The minimum absolute atomic E-state index is 0. The van der Waals surface area contributed by atoms with Crippen LogP contribution in [0.15, 0.2) is 82.6 Å². The van der Waals surface area contributed by atoms with E-state index < -0.39 is 43.6 Å². The van der Waals surface area contributed by atoms with E-state index in [2.05, 4.69) is 25.8 Å². The number of hydrogen-bond acceptors (Lipinski definition) is 16. The lowest BCUT2D eigenvalue weighted by atomic mass is 9.93. The third-order valence-corrected chi connectivity index (χ3v) is 20.5. The number of carbonyl (C=O) groups excluding carboxylic acids is 2. The quantitative estimate of drug-likeness (QED) is 0.0557. The fourth-order valence-corrected chi connectivity index (χ4v) is 14.4. The van der Waals surface area contributed by atoms with Gasteiger partial charge in [-0.3, -0.25) is 9.59 Å². The average molecular weight is 1110 g/mol. The normalized spacial score (nSPS) is 18.8. The Labute approximate surface area is 451 Å². The summed E-state index contributed by atoms with van der Waals surface area (Å²) in [6.07, 6.45) is 15.7. The van der Waals surface area contributed by atoms with Gasteiger partial charge in [-0.15, -0.1) is 12.4 Å². The first-order valence-electron chi connectivity index (χ1n) is 26.4. The van der Waals surface area contributed by atoms with Gasteiger partial charge in [-0.1, -0.05) is 37.8 Å². The lowest BCUT2D eigenvalue weighted by Gasteiger charge is -2.34. The van der Waals surface area contributed by atoms with Crippen molar-refractivity contribution in [2.75, 3.05) is 78.4 Å². The van der Waals surface area contributed by atoms with E-state index in [4.69, 9.17) is 20.9 Å². The summed E-state index contributed by atoms with van der Waals surface area (Å²) in [6.45, 7) is 2.33. The Balaban J connectivity index is 0.000000199. The van der Waals surface area contributed by atoms with E-state index in [1.54, 1.807) is 54.6 Å². The lowest BCUT2D eigenvalue weighted by Crippen LogP contribution is -2.37. The second kappa shape index (κ2) is 25.6. The van der Waals surface area contributed by atoms with Crippen LogP contribution >= 0.6 is 12.4 Å². The topological polar surface area (TPSA) is 278 Å². The second-order valence-corrected chi connectivity index (χ2v) is 25.7. The number of nitrogens with zero attached hydrogens (tertiary/aromatic N) is 4. The van der Waals surface area contributed by atoms with Crippen LogP contribution in [-0.2, 0) is 19.7 Å². The molecule has 76 heavy (non-hydrogen) atoms. The first-order chi connectivity index (χ1) is 36.0. The van der Waals surface area contributed by atoms with Crippen molar-refractivity contribution in [1.82, 2.24) is 9.97 Å². The molecule has 2 spiro atoms. The van der Waals surface area contributed by atoms with Gasteiger partial charge in [0.2, 0.25) is 5.95 Å². The summed E-state index contributed by atoms with van der Waals surface area (Å²) in [5, 5.41) is 43.0. The van der Waals surface area contributed by atoms with Gasteiger partial charge in [0.25, 0.3) is 11.8 Å². The number of aliphatic hydroxyl groups is 4. The highest BCUT2D eigenvalue weighted by atomic mass is 35.5. The number of benzene rings is 2. The van der Waals surface area contributed by atoms with Crippen molar-refractivity contribution in [3.8, 4) is 0 Å². The largest absolute Gasteiger partial charge is 0.395 e. The number of piperidine rings is 2. The SMILES string of the molecule is Cl.NC(CO)CO.O=C(Nc1cccc(S(=O)(=O)C2CCCC2)c1)c1ccc(F)nc1N1CCC2(CC1)CC2.O=C(Nc1cccc(S(=O)(=O)C2CCCC2)c1)c1ccc(NC(CO)CO)nc1N1CCC2(CC1)CC2. The fraction of sp³-hybridized carbons (Fsp3) is 0.556. The number of hydrogen-bond donors (Lipinski definition) is 8. The Hall–Kier alpha value is -5.00. The number of aliphatic hydroxyl groups excluding tert-OH is 4. The van der Waals surface area contributed by atoms with Crippen LogP contribution in [0.25, 0.3) is 0 Å². The van der Waals surface area contributed by atoms with Crippen LogP contribution in [0.2, 0.25) is 0 Å². The number of amides is 2. The highest BCUT2D eigenvalue weighted by Crippen LogP contribution is 2.55. The summed E-state index contributed by atoms with van der Waals surface area (Å²) < 4.78 is 65.9. The third-order valence-electron chi connectivity index (χ3n) is 16.0. The van der Waals surface area contributed by atoms with E-state index in [1.165, 1.54) is 43.9 Å². The molecule has 22 heteroatoms. The van der Waals surface area contributed by atoms with Gasteiger partial charge in [0.15, 0.2) is 19.7 Å². The minimum atomic E-state index is -3.44. The van der Waals surface area contributed by atoms with Gasteiger partial charge in [-0.2, -0.15) is 4.39 Å². The van der Waals surface area contributed by atoms with Gasteiger partial charge in [-0.05, 0) is 149 Å². The molecule has 0 unspecified atom stereocenters. The molecule has 2 saturated heterocycles. The van der Waals surface area contributed by atoms with Crippen molar-refractivity contribution in [2.45, 2.75) is 135 Å². The molecule has 0 radical (unpaired) electrons. The first kappa shape index (κ1) is 58.7.